The third kappa shape index (κ3) is 4.21. The average Bonchev–Trinajstić information content (AvgIpc) is 2.67. The molecule has 0 radical (unpaired) electrons. The predicted octanol–water partition coefficient (Wildman–Crippen LogP) is 3.23. The van der Waals surface area contributed by atoms with Gasteiger partial charge in [-0.25, -0.2) is 4.98 Å². The molecule has 0 bridgehead atoms. The van der Waals surface area contributed by atoms with Gasteiger partial charge in [0.2, 0.25) is 5.88 Å². The first-order valence-electron chi connectivity index (χ1n) is 8.50. The third-order valence-corrected chi connectivity index (χ3v) is 4.08. The van der Waals surface area contributed by atoms with Crippen molar-refractivity contribution in [2.24, 2.45) is 0 Å². The minimum Gasteiger partial charge on any atom is -0.493 e. The predicted molar refractivity (Wildman–Crippen MR) is 99.9 cm³/mol. The van der Waals surface area contributed by atoms with E-state index < -0.39 is 0 Å². The Morgan fingerprint density at radius 2 is 1.96 bits per heavy atom. The van der Waals surface area contributed by atoms with Crippen LogP contribution in [0, 0.1) is 6.92 Å². The third-order valence-electron chi connectivity index (χ3n) is 4.08. The summed E-state index contributed by atoms with van der Waals surface area (Å²) in [5, 5.41) is 0.679. The number of nitrogens with one attached hydrogen (secondary N) is 1. The van der Waals surface area contributed by atoms with Crippen LogP contribution >= 0.6 is 0 Å². The fourth-order valence-corrected chi connectivity index (χ4v) is 2.63. The van der Waals surface area contributed by atoms with Crippen LogP contribution in [0.1, 0.15) is 17.7 Å². The van der Waals surface area contributed by atoms with Gasteiger partial charge in [-0.1, -0.05) is 12.1 Å². The molecular formula is C20H22N2O4. The van der Waals surface area contributed by atoms with Gasteiger partial charge in [-0.2, -0.15) is 0 Å². The van der Waals surface area contributed by atoms with Crippen LogP contribution in [-0.2, 0) is 11.3 Å². The van der Waals surface area contributed by atoms with Gasteiger partial charge in [0, 0.05) is 48.9 Å². The maximum Gasteiger partial charge on any atom is 0.217 e. The number of ether oxygens (including phenoxy) is 3. The lowest BCUT2D eigenvalue weighted by Gasteiger charge is -2.11. The standard InChI is InChI=1S/C20H22N2O4/c1-14-18(22-17-7-4-3-6-16(17)20(14)23)13-26-19-12-15(8-9-21-19)25-11-5-10-24-2/h3-4,6-9,12H,5,10-11,13H2,1-2H3,(H,22,23). The van der Waals surface area contributed by atoms with Crippen molar-refractivity contribution in [1.82, 2.24) is 9.97 Å². The van der Waals surface area contributed by atoms with Gasteiger partial charge >= 0.3 is 0 Å². The number of aromatic amines is 1. The number of fused-ring (bicyclic) bond motifs is 1. The van der Waals surface area contributed by atoms with E-state index in [4.69, 9.17) is 14.2 Å². The fourth-order valence-electron chi connectivity index (χ4n) is 2.63. The second-order valence-electron chi connectivity index (χ2n) is 5.92. The van der Waals surface area contributed by atoms with E-state index in [2.05, 4.69) is 9.97 Å². The molecule has 0 atom stereocenters. The van der Waals surface area contributed by atoms with E-state index in [0.29, 0.717) is 35.8 Å². The molecule has 2 heterocycles. The number of aromatic nitrogens is 2. The van der Waals surface area contributed by atoms with Gasteiger partial charge in [-0.05, 0) is 25.1 Å². The van der Waals surface area contributed by atoms with Crippen LogP contribution in [0.5, 0.6) is 11.6 Å². The summed E-state index contributed by atoms with van der Waals surface area (Å²) in [6, 6.07) is 11.0. The van der Waals surface area contributed by atoms with Crippen molar-refractivity contribution in [3.8, 4) is 11.6 Å². The smallest absolute Gasteiger partial charge is 0.217 e. The van der Waals surface area contributed by atoms with Gasteiger partial charge in [0.1, 0.15) is 12.4 Å². The van der Waals surface area contributed by atoms with Crippen molar-refractivity contribution in [3.05, 3.63) is 64.1 Å². The zero-order valence-corrected chi connectivity index (χ0v) is 15.0. The van der Waals surface area contributed by atoms with Gasteiger partial charge in [-0.15, -0.1) is 0 Å². The second kappa shape index (κ2) is 8.49. The number of rotatable bonds is 8. The van der Waals surface area contributed by atoms with E-state index in [1.54, 1.807) is 32.4 Å². The molecule has 0 aliphatic rings. The molecule has 0 saturated carbocycles. The topological polar surface area (TPSA) is 73.4 Å². The Bertz CT molecular complexity index is 936. The number of methoxy groups -OCH3 is 1. The zero-order chi connectivity index (χ0) is 18.4. The Balaban J connectivity index is 1.70. The summed E-state index contributed by atoms with van der Waals surface area (Å²) < 4.78 is 16.4. The highest BCUT2D eigenvalue weighted by Gasteiger charge is 2.09. The lowest BCUT2D eigenvalue weighted by atomic mass is 10.1. The first-order valence-corrected chi connectivity index (χ1v) is 8.50. The Morgan fingerprint density at radius 1 is 1.12 bits per heavy atom. The molecule has 0 spiro atoms. The molecule has 0 unspecified atom stereocenters. The van der Waals surface area contributed by atoms with Crippen molar-refractivity contribution in [1.29, 1.82) is 0 Å². The number of hydrogen-bond donors (Lipinski definition) is 1. The number of pyridine rings is 2. The van der Waals surface area contributed by atoms with E-state index in [1.807, 2.05) is 24.3 Å². The molecule has 0 fully saturated rings. The molecule has 3 aromatic rings. The zero-order valence-electron chi connectivity index (χ0n) is 15.0. The van der Waals surface area contributed by atoms with Crippen molar-refractivity contribution in [3.63, 3.8) is 0 Å². The first kappa shape index (κ1) is 17.9. The first-order chi connectivity index (χ1) is 12.7. The number of nitrogens with zero attached hydrogens (tertiary/aromatic N) is 1. The maximum absolute atomic E-state index is 12.5. The van der Waals surface area contributed by atoms with Gasteiger partial charge in [0.15, 0.2) is 5.43 Å². The molecule has 6 nitrogen and oxygen atoms in total. The summed E-state index contributed by atoms with van der Waals surface area (Å²) in [7, 11) is 1.66. The Labute approximate surface area is 151 Å². The van der Waals surface area contributed by atoms with E-state index in [1.165, 1.54) is 0 Å². The minimum atomic E-state index is 0.0149. The molecule has 6 heteroatoms. The average molecular weight is 354 g/mol. The van der Waals surface area contributed by atoms with E-state index >= 15 is 0 Å². The summed E-state index contributed by atoms with van der Waals surface area (Å²) >= 11 is 0. The number of H-pyrrole nitrogens is 1. The van der Waals surface area contributed by atoms with Gasteiger partial charge in [0.25, 0.3) is 0 Å². The summed E-state index contributed by atoms with van der Waals surface area (Å²) in [4.78, 5) is 19.9. The molecule has 0 saturated heterocycles. The van der Waals surface area contributed by atoms with Gasteiger partial charge in [0.05, 0.1) is 12.3 Å². The normalized spacial score (nSPS) is 10.8. The summed E-state index contributed by atoms with van der Waals surface area (Å²) in [6.45, 7) is 3.25. The lowest BCUT2D eigenvalue weighted by molar-refractivity contribution is 0.172. The molecule has 136 valence electrons. The summed E-state index contributed by atoms with van der Waals surface area (Å²) in [5.74, 6) is 1.14. The van der Waals surface area contributed by atoms with Crippen molar-refractivity contribution in [2.45, 2.75) is 20.0 Å². The maximum atomic E-state index is 12.5. The number of para-hydroxylation sites is 1. The molecule has 26 heavy (non-hydrogen) atoms. The van der Waals surface area contributed by atoms with Crippen LogP contribution in [0.4, 0.5) is 0 Å². The summed E-state index contributed by atoms with van der Waals surface area (Å²) in [5.41, 5.74) is 2.20. The van der Waals surface area contributed by atoms with Crippen LogP contribution in [-0.4, -0.2) is 30.3 Å². The van der Waals surface area contributed by atoms with Gasteiger partial charge in [-0.3, -0.25) is 4.79 Å². The molecule has 3 rings (SSSR count). The number of hydrogen-bond acceptors (Lipinski definition) is 5. The molecule has 0 aliphatic carbocycles. The van der Waals surface area contributed by atoms with Crippen LogP contribution in [0.2, 0.25) is 0 Å². The minimum absolute atomic E-state index is 0.0149. The Morgan fingerprint density at radius 3 is 2.81 bits per heavy atom. The molecule has 1 aromatic carbocycles. The molecule has 0 aliphatic heterocycles. The quantitative estimate of drug-likeness (QED) is 0.629. The number of benzene rings is 1. The summed E-state index contributed by atoms with van der Waals surface area (Å²) in [6.07, 6.45) is 2.45. The van der Waals surface area contributed by atoms with Crippen molar-refractivity contribution < 1.29 is 14.2 Å². The van der Waals surface area contributed by atoms with Crippen LogP contribution < -0.4 is 14.9 Å². The Kier molecular flexibility index (Phi) is 5.86. The SMILES string of the molecule is COCCCOc1ccnc(OCc2[nH]c3ccccc3c(=O)c2C)c1. The van der Waals surface area contributed by atoms with Crippen LogP contribution in [0.3, 0.4) is 0 Å². The van der Waals surface area contributed by atoms with Gasteiger partial charge < -0.3 is 19.2 Å². The molecule has 1 N–H and O–H groups in total. The van der Waals surface area contributed by atoms with Crippen molar-refractivity contribution in [2.75, 3.05) is 20.3 Å². The van der Waals surface area contributed by atoms with Crippen LogP contribution in [0.15, 0.2) is 47.4 Å². The second-order valence-corrected chi connectivity index (χ2v) is 5.92. The van der Waals surface area contributed by atoms with E-state index in [0.717, 1.165) is 17.6 Å². The van der Waals surface area contributed by atoms with E-state index in [-0.39, 0.29) is 12.0 Å². The highest BCUT2D eigenvalue weighted by molar-refractivity contribution is 5.79. The van der Waals surface area contributed by atoms with Crippen molar-refractivity contribution >= 4 is 10.9 Å². The monoisotopic (exact) mass is 354 g/mol. The molecule has 2 aromatic heterocycles. The highest BCUT2D eigenvalue weighted by atomic mass is 16.5. The molecular weight excluding hydrogens is 332 g/mol. The highest BCUT2D eigenvalue weighted by Crippen LogP contribution is 2.18. The largest absolute Gasteiger partial charge is 0.493 e. The van der Waals surface area contributed by atoms with E-state index in [9.17, 15) is 4.79 Å². The Hall–Kier alpha value is -2.86. The van der Waals surface area contributed by atoms with Crippen LogP contribution in [0.25, 0.3) is 10.9 Å². The lowest BCUT2D eigenvalue weighted by Crippen LogP contribution is -2.13. The fraction of sp³-hybridized carbons (Fsp3) is 0.300. The molecule has 0 amide bonds.